The Bertz CT molecular complexity index is 5740. The van der Waals surface area contributed by atoms with Crippen LogP contribution in [0.3, 0.4) is 0 Å². The van der Waals surface area contributed by atoms with Crippen LogP contribution in [0.15, 0.2) is 234 Å². The predicted octanol–water partition coefficient (Wildman–Crippen LogP) is 22.8. The minimum Gasteiger partial charge on any atom is -0.361 e. The Morgan fingerprint density at radius 1 is 0.419 bits per heavy atom. The second kappa shape index (κ2) is 59.2. The first-order valence-electron chi connectivity index (χ1n) is 45.5. The summed E-state index contributed by atoms with van der Waals surface area (Å²) >= 11 is 1.11. The zero-order chi connectivity index (χ0) is 99.5. The Labute approximate surface area is 805 Å². The third-order valence-electron chi connectivity index (χ3n) is 19.9. The van der Waals surface area contributed by atoms with Crippen molar-refractivity contribution < 1.29 is 55.8 Å². The Morgan fingerprint density at radius 2 is 0.801 bits per heavy atom. The van der Waals surface area contributed by atoms with Crippen molar-refractivity contribution in [3.63, 3.8) is 0 Å². The number of sulfonamides is 1. The van der Waals surface area contributed by atoms with E-state index in [1.165, 1.54) is 52.9 Å². The highest BCUT2D eigenvalue weighted by molar-refractivity contribution is 7.92. The summed E-state index contributed by atoms with van der Waals surface area (Å²) in [6.45, 7) is 37.7. The Morgan fingerprint density at radius 3 is 1.16 bits per heavy atom. The lowest BCUT2D eigenvalue weighted by Crippen LogP contribution is -2.36. The molecule has 32 heteroatoms. The van der Waals surface area contributed by atoms with E-state index in [1.807, 2.05) is 309 Å². The maximum Gasteiger partial charge on any atom is 0.319 e. The van der Waals surface area contributed by atoms with E-state index in [9.17, 15) is 46.8 Å². The molecule has 0 atom stereocenters. The molecule has 3 aromatic heterocycles. The van der Waals surface area contributed by atoms with Crippen LogP contribution in [0.2, 0.25) is 0 Å². The van der Waals surface area contributed by atoms with E-state index in [1.54, 1.807) is 25.1 Å². The van der Waals surface area contributed by atoms with Crippen molar-refractivity contribution in [2.75, 3.05) is 78.8 Å². The van der Waals surface area contributed by atoms with Gasteiger partial charge in [-0.25, -0.2) is 32.4 Å². The van der Waals surface area contributed by atoms with Crippen molar-refractivity contribution in [2.45, 2.75) is 194 Å². The quantitative estimate of drug-likeness (QED) is 0.0280. The molecule has 1 saturated carbocycles. The van der Waals surface area contributed by atoms with Gasteiger partial charge in [0, 0.05) is 89.8 Å². The molecule has 136 heavy (non-hydrogen) atoms. The molecule has 0 saturated heterocycles. The summed E-state index contributed by atoms with van der Waals surface area (Å²) in [4.78, 5) is 92.4. The molecule has 12 aromatic rings. The van der Waals surface area contributed by atoms with Crippen LogP contribution in [-0.2, 0) is 16.4 Å². The van der Waals surface area contributed by atoms with Crippen molar-refractivity contribution in [2.24, 2.45) is 0 Å². The van der Waals surface area contributed by atoms with Crippen LogP contribution in [0.5, 0.6) is 0 Å². The largest absolute Gasteiger partial charge is 0.361 e. The number of urea groups is 5. The smallest absolute Gasteiger partial charge is 0.319 e. The number of unbranched alkanes of at least 4 members (excludes halogenated alkanes) is 1. The Balaban J connectivity index is 0.000000235. The summed E-state index contributed by atoms with van der Waals surface area (Å²) in [5, 5.41) is 47.1. The van der Waals surface area contributed by atoms with Crippen LogP contribution in [0.25, 0.3) is 0 Å². The number of fused-ring (bicyclic) bond motifs is 1. The molecular weight excluding hydrogens is 1760 g/mol. The number of nitrogens with one attached hydrogen (secondary N) is 13. The molecule has 0 unspecified atom stereocenters. The fraction of sp³-hybridized carbons (Fsp3) is 0.327. The van der Waals surface area contributed by atoms with Gasteiger partial charge in [0.05, 0.1) is 29.0 Å². The maximum absolute atomic E-state index is 12.0. The second-order valence-electron chi connectivity index (χ2n) is 32.8. The molecule has 13 N–H and O–H groups in total. The van der Waals surface area contributed by atoms with Gasteiger partial charge in [0.25, 0.3) is 17.7 Å². The normalized spacial score (nSPS) is 11.2. The molecule has 0 bridgehead atoms. The molecule has 0 radical (unpaired) electrons. The number of carbonyl (C=O) groups excluding carboxylic acids is 8. The average molecular weight is 1890 g/mol. The molecule has 13 amide bonds. The Hall–Kier alpha value is -14.5. The number of carbonyl (C=O) groups is 8. The molecule has 724 valence electrons. The van der Waals surface area contributed by atoms with Crippen LogP contribution in [0.4, 0.5) is 75.2 Å². The van der Waals surface area contributed by atoms with Gasteiger partial charge in [0.15, 0.2) is 0 Å². The van der Waals surface area contributed by atoms with E-state index in [4.69, 9.17) is 9.05 Å². The Kier molecular flexibility index (Phi) is 48.0. The number of hydrogen-bond acceptors (Lipinski definition) is 17. The monoisotopic (exact) mass is 1890 g/mol. The van der Waals surface area contributed by atoms with E-state index in [-0.39, 0.29) is 65.4 Å². The number of amides is 13. The third-order valence-corrected chi connectivity index (χ3v) is 22.7. The fourth-order valence-corrected chi connectivity index (χ4v) is 14.6. The van der Waals surface area contributed by atoms with Gasteiger partial charge in [-0.1, -0.05) is 209 Å². The van der Waals surface area contributed by atoms with Gasteiger partial charge in [-0.15, -0.1) is 5.10 Å². The predicted molar refractivity (Wildman–Crippen MR) is 550 cm³/mol. The van der Waals surface area contributed by atoms with Gasteiger partial charge < -0.3 is 78.2 Å². The van der Waals surface area contributed by atoms with Crippen LogP contribution >= 0.6 is 11.5 Å². The number of benzene rings is 9. The van der Waals surface area contributed by atoms with E-state index >= 15 is 0 Å². The topological polar surface area (TPSA) is 408 Å². The summed E-state index contributed by atoms with van der Waals surface area (Å²) < 4.78 is 39.1. The molecule has 4 heterocycles. The van der Waals surface area contributed by atoms with Gasteiger partial charge in [0.1, 0.15) is 16.2 Å². The summed E-state index contributed by atoms with van der Waals surface area (Å²) in [7, 11) is -3.11. The first kappa shape index (κ1) is 110. The lowest BCUT2D eigenvalue weighted by molar-refractivity contribution is 0.0985. The summed E-state index contributed by atoms with van der Waals surface area (Å²) in [6, 6.07) is 68.8. The third kappa shape index (κ3) is 42.6. The fourth-order valence-electron chi connectivity index (χ4n) is 12.5. The SMILES string of the molecule is CCCCNC(=O)Nc1ccc(C)cc1.CCCNC(=O)Nc1ccc(C)cc1.CCCS(=O)(=O)N1CCc2ccc(C)cc21.CCNC(=O)Nc1ccc(C)cc1.Cc1ccc(NC(=O)NC(C)C)cc1.Cc1ccc(NC(=O)NC2CCCC2)cc1.Cc1ccc(NC(=O)c2c(C)noc2C)cc1.Cc1ccc(NC(=O)c2ccno2)cc1.Cc1ccc(NC(=O)c2snnc2C)cc1. The first-order valence-corrected chi connectivity index (χ1v) is 47.9. The lowest BCUT2D eigenvalue weighted by Gasteiger charge is -2.19. The van der Waals surface area contributed by atoms with Gasteiger partial charge in [-0.05, 0) is 268 Å². The van der Waals surface area contributed by atoms with Crippen molar-refractivity contribution in [3.05, 3.63) is 314 Å². The van der Waals surface area contributed by atoms with E-state index < -0.39 is 10.0 Å². The number of hydrogen-bond donors (Lipinski definition) is 13. The molecular formula is C104H134N18O12S2. The van der Waals surface area contributed by atoms with E-state index in [0.717, 1.165) is 136 Å². The molecule has 1 aliphatic heterocycles. The molecule has 30 nitrogen and oxygen atoms in total. The van der Waals surface area contributed by atoms with Crippen molar-refractivity contribution in [1.29, 1.82) is 0 Å². The zero-order valence-corrected chi connectivity index (χ0v) is 83.0. The first-order chi connectivity index (χ1) is 65.0. The van der Waals surface area contributed by atoms with Gasteiger partial charge in [-0.2, -0.15) is 0 Å². The van der Waals surface area contributed by atoms with Crippen LogP contribution in [0, 0.1) is 83.1 Å². The minimum absolute atomic E-state index is 0.0873. The highest BCUT2D eigenvalue weighted by atomic mass is 32.2. The molecule has 0 spiro atoms. The molecule has 14 rings (SSSR count). The highest BCUT2D eigenvalue weighted by Gasteiger charge is 2.29. The number of aryl methyl sites for hydroxylation is 12. The van der Waals surface area contributed by atoms with Crippen LogP contribution < -0.4 is 73.4 Å². The second-order valence-corrected chi connectivity index (χ2v) is 35.5. The van der Waals surface area contributed by atoms with Gasteiger partial charge in [0.2, 0.25) is 15.8 Å². The zero-order valence-electron chi connectivity index (χ0n) is 81.4. The van der Waals surface area contributed by atoms with Gasteiger partial charge in [-0.3, -0.25) is 18.7 Å². The van der Waals surface area contributed by atoms with Crippen LogP contribution in [-0.4, -0.2) is 120 Å². The molecule has 9 aromatic carbocycles. The van der Waals surface area contributed by atoms with Crippen LogP contribution in [0.1, 0.15) is 196 Å². The summed E-state index contributed by atoms with van der Waals surface area (Å²) in [5.41, 5.74) is 20.7. The van der Waals surface area contributed by atoms with E-state index in [0.29, 0.717) is 59.7 Å². The standard InChI is InChI=1S/C13H14N2O2.C13H18N2O.C12H18N2O.C12H17NO2S.C11H11N3OS.C11H10N2O2.2C11H16N2O.C10H14N2O/c1-8-4-6-11(7-5-8)14-13(16)12-9(2)15-17-10(12)3;1-10-6-8-12(9-7-10)15-13(16)14-11-4-2-3-5-11;1-3-4-9-13-12(15)14-11-7-5-10(2)6-8-11;1-3-8-16(14,15)13-7-6-11-5-4-10(2)9-12(11)13;1-7-3-5-9(6-4-7)12-11(15)10-8(2)13-14-16-10;1-8-2-4-9(5-3-8)13-11(14)10-6-7-12-15-10;1-8(2)12-11(14)13-10-6-4-9(3)5-7-10;1-3-8-12-11(14)13-10-6-4-9(2)5-7-10;1-3-11-10(13)12-9-6-4-8(2)5-7-9/h4-7H,1-3H3,(H,14,16);6-9,11H,2-5H2,1H3,(H2,14,15,16);5-8H,3-4,9H2,1-2H3,(H2,13,14,15);4-5,9H,3,6-8H2,1-2H3;3-6H,1-2H3,(H,12,15);2-7H,1H3,(H,13,14);4-8H,1-3H3,(H2,12,13,14);4-7H,3,8H2,1-2H3,(H2,12,13,14);4-7H,3H2,1-2H3,(H2,11,12,13). The number of rotatable bonds is 22. The molecule has 1 fully saturated rings. The van der Waals surface area contributed by atoms with Gasteiger partial charge >= 0.3 is 30.2 Å². The van der Waals surface area contributed by atoms with Crippen molar-refractivity contribution in [3.8, 4) is 0 Å². The van der Waals surface area contributed by atoms with Crippen molar-refractivity contribution >= 4 is 121 Å². The lowest BCUT2D eigenvalue weighted by atomic mass is 10.1. The maximum atomic E-state index is 12.0. The van der Waals surface area contributed by atoms with E-state index in [2.05, 4.69) is 95.9 Å². The summed E-state index contributed by atoms with van der Waals surface area (Å²) in [6.07, 6.45) is 10.7. The number of aromatic nitrogens is 4. The average Bonchev–Trinajstić information content (AvgIpc) is 1.64. The highest BCUT2D eigenvalue weighted by Crippen LogP contribution is 2.32. The minimum atomic E-state index is -3.11. The number of anilines is 9. The molecule has 2 aliphatic rings. The van der Waals surface area contributed by atoms with Crippen molar-refractivity contribution in [1.82, 2.24) is 46.5 Å². The summed E-state index contributed by atoms with van der Waals surface area (Å²) in [5.74, 6) is 0.334. The number of nitrogens with zero attached hydrogens (tertiary/aromatic N) is 5. The molecule has 1 aliphatic carbocycles.